The third-order valence-electron chi connectivity index (χ3n) is 13.5. The van der Waals surface area contributed by atoms with Crippen LogP contribution in [0, 0.1) is 24.7 Å². The highest BCUT2D eigenvalue weighted by molar-refractivity contribution is 9.10. The molecule has 12 nitrogen and oxygen atoms in total. The molecule has 9 rings (SSSR count). The Bertz CT molecular complexity index is 2350. The Morgan fingerprint density at radius 1 is 1.05 bits per heavy atom. The summed E-state index contributed by atoms with van der Waals surface area (Å²) in [7, 11) is 3.97. The van der Waals surface area contributed by atoms with Gasteiger partial charge in [0.2, 0.25) is 17.5 Å². The highest BCUT2D eigenvalue weighted by Crippen LogP contribution is 2.49. The molecule has 3 aromatic carbocycles. The number of ether oxygens (including phenoxy) is 2. The van der Waals surface area contributed by atoms with Gasteiger partial charge in [-0.2, -0.15) is 0 Å². The third-order valence-corrected chi connectivity index (χ3v) is 14.1. The lowest BCUT2D eigenvalue weighted by Gasteiger charge is -2.49. The van der Waals surface area contributed by atoms with Gasteiger partial charge in [-0.3, -0.25) is 28.9 Å². The summed E-state index contributed by atoms with van der Waals surface area (Å²) in [6.07, 6.45) is 4.50. The molecule has 4 aromatic rings. The SMILES string of the molecule is CC(C)C[C@H]1C(=O)N2CCC[C@H]2[C@]2(O)O[C@](NC(=O)[C@@H]3C=C4c5cccc6[nH]c(Br)c(c56)C[C@H]4N(C)C3)(C(C)C)C(=O)N12.CNCCOC(c1ccccc1)c1ccccc1C. The van der Waals surface area contributed by atoms with E-state index in [4.69, 9.17) is 9.47 Å². The number of carbonyl (C=O) groups excluding carboxylic acids is 3. The number of rotatable bonds is 11. The second-order valence-corrected chi connectivity index (χ2v) is 19.1. The van der Waals surface area contributed by atoms with Crippen LogP contribution in [0.3, 0.4) is 0 Å². The number of aromatic nitrogens is 1. The van der Waals surface area contributed by atoms with Gasteiger partial charge in [-0.05, 0) is 108 Å². The molecular weight excluding hydrogens is 848 g/mol. The highest BCUT2D eigenvalue weighted by Gasteiger charge is 2.72. The first-order valence-corrected chi connectivity index (χ1v) is 23.0. The highest BCUT2D eigenvalue weighted by atomic mass is 79.9. The predicted octanol–water partition coefficient (Wildman–Crippen LogP) is 6.51. The van der Waals surface area contributed by atoms with Crippen molar-refractivity contribution < 1.29 is 29.0 Å². The Hall–Kier alpha value is -4.37. The van der Waals surface area contributed by atoms with Crippen molar-refractivity contribution in [1.82, 2.24) is 30.3 Å². The van der Waals surface area contributed by atoms with E-state index in [1.807, 2.05) is 46.2 Å². The van der Waals surface area contributed by atoms with E-state index < -0.39 is 41.5 Å². The standard InChI is InChI=1S/C32H40BrN5O5.C17H21NO/c1-16(2)12-24-29(40)37-11-7-10-25(37)32(42)38(24)30(41)31(43-32,17(3)4)35-28(39)18-13-20-19-8-6-9-22-26(19)21(27(33)34-22)14-23(20)36(5)15-18;1-14-8-6-7-11-16(14)17(19-13-12-18-2)15-9-4-3-5-10-15/h6,8-9,13,16-18,23-25,34,42H,7,10-12,14-15H2,1-5H3,(H,35,39);3-11,17-18H,12-13H2,1-2H3/t18-,23-,24+,25+,31-,32+;/m1./s1. The number of H-pyrrole nitrogens is 1. The number of aryl methyl sites for hydroxylation is 1. The van der Waals surface area contributed by atoms with E-state index >= 15 is 0 Å². The zero-order chi connectivity index (χ0) is 44.1. The average molecular weight is 910 g/mol. The van der Waals surface area contributed by atoms with Crippen LogP contribution in [0.4, 0.5) is 0 Å². The molecule has 0 radical (unpaired) electrons. The third kappa shape index (κ3) is 7.72. The Morgan fingerprint density at radius 2 is 1.79 bits per heavy atom. The van der Waals surface area contributed by atoms with Crippen LogP contribution in [-0.2, 0) is 30.3 Å². The minimum absolute atomic E-state index is 0.00995. The number of aromatic amines is 1. The summed E-state index contributed by atoms with van der Waals surface area (Å²) in [4.78, 5) is 50.8. The Balaban J connectivity index is 0.000000233. The maximum Gasteiger partial charge on any atom is 0.281 e. The van der Waals surface area contributed by atoms with E-state index in [9.17, 15) is 19.5 Å². The van der Waals surface area contributed by atoms with Crippen molar-refractivity contribution in [3.05, 3.63) is 111 Å². The first kappa shape index (κ1) is 44.2. The van der Waals surface area contributed by atoms with Crippen LogP contribution in [0.15, 0.2) is 83.5 Å². The number of benzene rings is 3. The lowest BCUT2D eigenvalue weighted by molar-refractivity contribution is -0.322. The molecule has 13 heteroatoms. The molecule has 5 aliphatic rings. The quantitative estimate of drug-likeness (QED) is 0.125. The average Bonchev–Trinajstić information content (AvgIpc) is 3.94. The lowest BCUT2D eigenvalue weighted by Crippen LogP contribution is -2.71. The first-order valence-electron chi connectivity index (χ1n) is 22.2. The van der Waals surface area contributed by atoms with Gasteiger partial charge in [0.25, 0.3) is 11.8 Å². The number of piperazine rings is 1. The van der Waals surface area contributed by atoms with Gasteiger partial charge in [0.1, 0.15) is 18.2 Å². The Morgan fingerprint density at radius 3 is 2.50 bits per heavy atom. The topological polar surface area (TPSA) is 139 Å². The van der Waals surface area contributed by atoms with Gasteiger partial charge in [-0.15, -0.1) is 0 Å². The van der Waals surface area contributed by atoms with Gasteiger partial charge < -0.3 is 30.4 Å². The van der Waals surface area contributed by atoms with Crippen LogP contribution in [0.1, 0.15) is 80.9 Å². The molecule has 4 aliphatic heterocycles. The number of nitrogens with one attached hydrogen (secondary N) is 3. The van der Waals surface area contributed by atoms with Gasteiger partial charge in [-0.25, -0.2) is 0 Å². The van der Waals surface area contributed by atoms with Gasteiger partial charge in [0.05, 0.1) is 17.1 Å². The molecule has 3 saturated heterocycles. The molecule has 0 spiro atoms. The smallest absolute Gasteiger partial charge is 0.281 e. The molecule has 3 fully saturated rings. The Labute approximate surface area is 373 Å². The number of nitrogens with zero attached hydrogens (tertiary/aromatic N) is 3. The number of likely N-dealkylation sites (N-methyl/N-ethyl adjacent to an activating group) is 2. The summed E-state index contributed by atoms with van der Waals surface area (Å²) in [5, 5.41) is 19.4. The summed E-state index contributed by atoms with van der Waals surface area (Å²) in [6, 6.07) is 23.6. The van der Waals surface area contributed by atoms with Crippen LogP contribution < -0.4 is 10.6 Å². The van der Waals surface area contributed by atoms with Crippen molar-refractivity contribution in [2.45, 2.75) is 96.2 Å². The maximum atomic E-state index is 14.4. The summed E-state index contributed by atoms with van der Waals surface area (Å²) < 4.78 is 13.5. The van der Waals surface area contributed by atoms with E-state index in [1.54, 1.807) is 18.7 Å². The monoisotopic (exact) mass is 908 g/mol. The number of halogens is 1. The van der Waals surface area contributed by atoms with E-state index in [2.05, 4.69) is 104 Å². The van der Waals surface area contributed by atoms with Crippen LogP contribution >= 0.6 is 15.9 Å². The normalized spacial score (nSPS) is 27.2. The zero-order valence-electron chi connectivity index (χ0n) is 36.9. The molecule has 7 atom stereocenters. The number of aliphatic hydroxyl groups is 1. The fourth-order valence-electron chi connectivity index (χ4n) is 10.3. The molecule has 0 saturated carbocycles. The summed E-state index contributed by atoms with van der Waals surface area (Å²) >= 11 is 3.70. The minimum atomic E-state index is -2.01. The molecule has 3 amide bonds. The van der Waals surface area contributed by atoms with Crippen molar-refractivity contribution >= 4 is 50.1 Å². The van der Waals surface area contributed by atoms with Crippen molar-refractivity contribution in [3.63, 3.8) is 0 Å². The number of amides is 3. The summed E-state index contributed by atoms with van der Waals surface area (Å²) in [5.74, 6) is -4.01. The van der Waals surface area contributed by atoms with E-state index in [0.29, 0.717) is 32.5 Å². The van der Waals surface area contributed by atoms with Crippen LogP contribution in [0.5, 0.6) is 0 Å². The second kappa shape index (κ2) is 17.7. The molecule has 1 aromatic heterocycles. The summed E-state index contributed by atoms with van der Waals surface area (Å²) in [5.41, 5.74) is 6.38. The van der Waals surface area contributed by atoms with Gasteiger partial charge in [0, 0.05) is 42.5 Å². The first-order chi connectivity index (χ1) is 29.7. The molecule has 62 heavy (non-hydrogen) atoms. The summed E-state index contributed by atoms with van der Waals surface area (Å²) in [6.45, 7) is 12.3. The minimum Gasteiger partial charge on any atom is -0.367 e. The van der Waals surface area contributed by atoms with Crippen molar-refractivity contribution in [3.8, 4) is 0 Å². The Kier molecular flexibility index (Phi) is 12.6. The molecule has 330 valence electrons. The molecule has 4 N–H and O–H groups in total. The number of hydrogen-bond donors (Lipinski definition) is 4. The molecule has 0 bridgehead atoms. The van der Waals surface area contributed by atoms with E-state index in [-0.39, 0.29) is 29.9 Å². The van der Waals surface area contributed by atoms with Crippen LogP contribution in [0.2, 0.25) is 0 Å². The van der Waals surface area contributed by atoms with Crippen molar-refractivity contribution in [2.24, 2.45) is 17.8 Å². The molecular formula is C49H61BrN6O6. The van der Waals surface area contributed by atoms with Crippen molar-refractivity contribution in [2.75, 3.05) is 40.3 Å². The lowest BCUT2D eigenvalue weighted by atomic mass is 9.79. The van der Waals surface area contributed by atoms with Gasteiger partial charge in [-0.1, -0.05) is 101 Å². The number of carbonyl (C=O) groups is 3. The predicted molar refractivity (Wildman–Crippen MR) is 244 cm³/mol. The number of hydrogen-bond acceptors (Lipinski definition) is 8. The molecule has 1 aliphatic carbocycles. The van der Waals surface area contributed by atoms with Crippen LogP contribution in [0.25, 0.3) is 16.5 Å². The van der Waals surface area contributed by atoms with E-state index in [1.165, 1.54) is 32.5 Å². The zero-order valence-corrected chi connectivity index (χ0v) is 38.5. The van der Waals surface area contributed by atoms with Crippen molar-refractivity contribution in [1.29, 1.82) is 0 Å². The second-order valence-electron chi connectivity index (χ2n) is 18.3. The maximum absolute atomic E-state index is 14.4. The van der Waals surface area contributed by atoms with Gasteiger partial charge >= 0.3 is 0 Å². The largest absolute Gasteiger partial charge is 0.367 e. The van der Waals surface area contributed by atoms with E-state index in [0.717, 1.165) is 40.6 Å². The number of fused-ring (bicyclic) bond motifs is 5. The fraction of sp³-hybridized carbons (Fsp3) is 0.490. The molecule has 5 heterocycles. The fourth-order valence-corrected chi connectivity index (χ4v) is 10.9. The van der Waals surface area contributed by atoms with Crippen LogP contribution in [-0.4, -0.2) is 113 Å². The molecule has 1 unspecified atom stereocenters. The van der Waals surface area contributed by atoms with Gasteiger partial charge in [0.15, 0.2) is 0 Å².